The van der Waals surface area contributed by atoms with Crippen LogP contribution >= 0.6 is 11.8 Å². The van der Waals surface area contributed by atoms with Crippen LogP contribution in [0.4, 0.5) is 0 Å². The first-order valence-electron chi connectivity index (χ1n) is 7.45. The van der Waals surface area contributed by atoms with E-state index in [2.05, 4.69) is 10.3 Å². The minimum absolute atomic E-state index is 0.0644. The van der Waals surface area contributed by atoms with Gasteiger partial charge in [-0.3, -0.25) is 4.79 Å². The van der Waals surface area contributed by atoms with Gasteiger partial charge in [0.2, 0.25) is 0 Å². The molecule has 3 N–H and O–H groups in total. The van der Waals surface area contributed by atoms with Crippen molar-refractivity contribution in [3.63, 3.8) is 0 Å². The number of nitrogens with zero attached hydrogens (tertiary/aromatic N) is 1. The van der Waals surface area contributed by atoms with Crippen molar-refractivity contribution in [2.45, 2.75) is 28.8 Å². The van der Waals surface area contributed by atoms with Gasteiger partial charge in [-0.25, -0.2) is 4.98 Å². The molecule has 1 amide bonds. The highest BCUT2D eigenvalue weighted by Gasteiger charge is 2.28. The number of aromatic nitrogens is 1. The van der Waals surface area contributed by atoms with Gasteiger partial charge in [0, 0.05) is 29.2 Å². The second kappa shape index (κ2) is 6.94. The van der Waals surface area contributed by atoms with E-state index in [0.717, 1.165) is 9.92 Å². The second-order valence-corrected chi connectivity index (χ2v) is 6.60. The zero-order valence-electron chi connectivity index (χ0n) is 12.2. The summed E-state index contributed by atoms with van der Waals surface area (Å²) in [6.45, 7) is 0.550. The summed E-state index contributed by atoms with van der Waals surface area (Å²) in [4.78, 5) is 17.4. The van der Waals surface area contributed by atoms with Crippen LogP contribution in [0, 0.1) is 5.92 Å². The predicted octanol–water partition coefficient (Wildman–Crippen LogP) is 2.70. The Labute approximate surface area is 134 Å². The van der Waals surface area contributed by atoms with E-state index in [-0.39, 0.29) is 11.9 Å². The average Bonchev–Trinajstić information content (AvgIpc) is 3.39. The van der Waals surface area contributed by atoms with E-state index in [0.29, 0.717) is 18.0 Å². The molecule has 0 radical (unpaired) electrons. The normalized spacial score (nSPS) is 15.3. The van der Waals surface area contributed by atoms with Gasteiger partial charge in [0.15, 0.2) is 0 Å². The Morgan fingerprint density at radius 1 is 1.27 bits per heavy atom. The van der Waals surface area contributed by atoms with Gasteiger partial charge in [0.25, 0.3) is 5.91 Å². The lowest BCUT2D eigenvalue weighted by Crippen LogP contribution is -2.38. The van der Waals surface area contributed by atoms with Gasteiger partial charge in [-0.2, -0.15) is 0 Å². The minimum Gasteiger partial charge on any atom is -0.350 e. The largest absolute Gasteiger partial charge is 0.350 e. The van der Waals surface area contributed by atoms with E-state index in [1.54, 1.807) is 18.0 Å². The third-order valence-electron chi connectivity index (χ3n) is 3.70. The summed E-state index contributed by atoms with van der Waals surface area (Å²) in [5.74, 6) is 0.530. The number of nitrogens with two attached hydrogens (primary N) is 1. The Morgan fingerprint density at radius 2 is 2.05 bits per heavy atom. The summed E-state index contributed by atoms with van der Waals surface area (Å²) in [6.07, 6.45) is 4.15. The van der Waals surface area contributed by atoms with Crippen molar-refractivity contribution in [2.75, 3.05) is 6.54 Å². The number of amides is 1. The van der Waals surface area contributed by atoms with Crippen LogP contribution in [0.3, 0.4) is 0 Å². The van der Waals surface area contributed by atoms with Crippen LogP contribution in [0.5, 0.6) is 0 Å². The standard InChI is InChI=1S/C17H19N3OS/c18-15(12-4-5-12)11-20-17(21)13-6-8-14(9-7-13)22-16-3-1-2-10-19-16/h1-3,6-10,12,15H,4-5,11,18H2,(H,20,21). The van der Waals surface area contributed by atoms with Crippen LogP contribution in [0.15, 0.2) is 58.6 Å². The molecule has 0 bridgehead atoms. The van der Waals surface area contributed by atoms with Gasteiger partial charge in [0.05, 0.1) is 0 Å². The molecule has 1 heterocycles. The van der Waals surface area contributed by atoms with Crippen molar-refractivity contribution in [3.05, 3.63) is 54.2 Å². The van der Waals surface area contributed by atoms with Crippen molar-refractivity contribution >= 4 is 17.7 Å². The lowest BCUT2D eigenvalue weighted by atomic mass is 10.2. The van der Waals surface area contributed by atoms with Crippen LogP contribution in [0.2, 0.25) is 0 Å². The zero-order valence-corrected chi connectivity index (χ0v) is 13.1. The van der Waals surface area contributed by atoms with Gasteiger partial charge >= 0.3 is 0 Å². The molecular weight excluding hydrogens is 294 g/mol. The summed E-state index contributed by atoms with van der Waals surface area (Å²) in [6, 6.07) is 13.5. The first-order valence-corrected chi connectivity index (χ1v) is 8.27. The molecule has 22 heavy (non-hydrogen) atoms. The fourth-order valence-corrected chi connectivity index (χ4v) is 2.98. The molecular formula is C17H19N3OS. The quantitative estimate of drug-likeness (QED) is 0.860. The Hall–Kier alpha value is -1.85. The van der Waals surface area contributed by atoms with Crippen LogP contribution in [0.25, 0.3) is 0 Å². The third kappa shape index (κ3) is 4.08. The molecule has 1 aliphatic carbocycles. The third-order valence-corrected chi connectivity index (χ3v) is 4.66. The van der Waals surface area contributed by atoms with E-state index >= 15 is 0 Å². The summed E-state index contributed by atoms with van der Waals surface area (Å²) >= 11 is 1.58. The molecule has 2 aromatic rings. The minimum atomic E-state index is -0.0644. The molecule has 5 heteroatoms. The van der Waals surface area contributed by atoms with E-state index in [4.69, 9.17) is 5.73 Å². The molecule has 114 valence electrons. The average molecular weight is 313 g/mol. The number of carbonyl (C=O) groups excluding carboxylic acids is 1. The molecule has 0 saturated heterocycles. The van der Waals surface area contributed by atoms with Crippen LogP contribution in [-0.4, -0.2) is 23.5 Å². The summed E-state index contributed by atoms with van der Waals surface area (Å²) in [7, 11) is 0. The predicted molar refractivity (Wildman–Crippen MR) is 87.8 cm³/mol. The number of hydrogen-bond donors (Lipinski definition) is 2. The number of nitrogens with one attached hydrogen (secondary N) is 1. The van der Waals surface area contributed by atoms with Gasteiger partial charge in [-0.15, -0.1) is 0 Å². The van der Waals surface area contributed by atoms with Crippen LogP contribution in [-0.2, 0) is 0 Å². The van der Waals surface area contributed by atoms with Gasteiger partial charge in [0.1, 0.15) is 5.03 Å². The molecule has 4 nitrogen and oxygen atoms in total. The summed E-state index contributed by atoms with van der Waals surface area (Å²) in [5.41, 5.74) is 6.65. The highest BCUT2D eigenvalue weighted by atomic mass is 32.2. The maximum absolute atomic E-state index is 12.1. The first kappa shape index (κ1) is 15.1. The smallest absolute Gasteiger partial charge is 0.251 e. The molecule has 1 aliphatic rings. The maximum atomic E-state index is 12.1. The molecule has 0 spiro atoms. The molecule has 1 atom stereocenters. The first-order chi connectivity index (χ1) is 10.7. The number of pyridine rings is 1. The van der Waals surface area contributed by atoms with Crippen molar-refractivity contribution in [1.82, 2.24) is 10.3 Å². The van der Waals surface area contributed by atoms with E-state index in [1.165, 1.54) is 12.8 Å². The number of benzene rings is 1. The maximum Gasteiger partial charge on any atom is 0.251 e. The van der Waals surface area contributed by atoms with E-state index in [1.807, 2.05) is 42.5 Å². The Balaban J connectivity index is 1.55. The highest BCUT2D eigenvalue weighted by Crippen LogP contribution is 2.31. The fraction of sp³-hybridized carbons (Fsp3) is 0.294. The highest BCUT2D eigenvalue weighted by molar-refractivity contribution is 7.99. The molecule has 1 saturated carbocycles. The van der Waals surface area contributed by atoms with Gasteiger partial charge < -0.3 is 11.1 Å². The molecule has 0 aliphatic heterocycles. The fourth-order valence-electron chi connectivity index (χ4n) is 2.21. The lowest BCUT2D eigenvalue weighted by Gasteiger charge is -2.11. The Kier molecular flexibility index (Phi) is 4.75. The van der Waals surface area contributed by atoms with Crippen molar-refractivity contribution < 1.29 is 4.79 Å². The van der Waals surface area contributed by atoms with E-state index < -0.39 is 0 Å². The van der Waals surface area contributed by atoms with Gasteiger partial charge in [-0.1, -0.05) is 17.8 Å². The lowest BCUT2D eigenvalue weighted by molar-refractivity contribution is 0.0950. The Morgan fingerprint density at radius 3 is 2.68 bits per heavy atom. The number of carbonyl (C=O) groups is 1. The second-order valence-electron chi connectivity index (χ2n) is 5.51. The van der Waals surface area contributed by atoms with E-state index in [9.17, 15) is 4.79 Å². The molecule has 1 aromatic carbocycles. The van der Waals surface area contributed by atoms with Crippen molar-refractivity contribution in [2.24, 2.45) is 11.7 Å². The van der Waals surface area contributed by atoms with Gasteiger partial charge in [-0.05, 0) is 55.2 Å². The SMILES string of the molecule is NC(CNC(=O)c1ccc(Sc2ccccn2)cc1)C1CC1. The molecule has 1 fully saturated rings. The molecule has 1 unspecified atom stereocenters. The molecule has 3 rings (SSSR count). The van der Waals surface area contributed by atoms with Crippen LogP contribution < -0.4 is 11.1 Å². The van der Waals surface area contributed by atoms with Crippen molar-refractivity contribution in [1.29, 1.82) is 0 Å². The van der Waals surface area contributed by atoms with Crippen molar-refractivity contribution in [3.8, 4) is 0 Å². The number of hydrogen-bond acceptors (Lipinski definition) is 4. The topological polar surface area (TPSA) is 68.0 Å². The zero-order chi connectivity index (χ0) is 15.4. The molecule has 1 aromatic heterocycles. The number of rotatable bonds is 6. The summed E-state index contributed by atoms with van der Waals surface area (Å²) in [5, 5.41) is 3.85. The monoisotopic (exact) mass is 313 g/mol. The Bertz CT molecular complexity index is 626. The van der Waals surface area contributed by atoms with Crippen LogP contribution in [0.1, 0.15) is 23.2 Å². The summed E-state index contributed by atoms with van der Waals surface area (Å²) < 4.78 is 0.